The Morgan fingerprint density at radius 3 is 2.64 bits per heavy atom. The lowest BCUT2D eigenvalue weighted by Crippen LogP contribution is -2.20. The van der Waals surface area contributed by atoms with Gasteiger partial charge in [0.05, 0.1) is 0 Å². The van der Waals surface area contributed by atoms with Gasteiger partial charge in [-0.15, -0.1) is 0 Å². The summed E-state index contributed by atoms with van der Waals surface area (Å²) in [6.07, 6.45) is 6.77. The van der Waals surface area contributed by atoms with Crippen LogP contribution in [0.5, 0.6) is 0 Å². The summed E-state index contributed by atoms with van der Waals surface area (Å²) in [6, 6.07) is 2.75. The first-order chi connectivity index (χ1) is 6.81. The minimum atomic E-state index is 0.530. The molecular weight excluding hydrogens is 172 g/mol. The molecule has 0 fully saturated rings. The van der Waals surface area contributed by atoms with Crippen molar-refractivity contribution in [3.05, 3.63) is 24.0 Å². The molecule has 2 heteroatoms. The number of aromatic nitrogens is 1. The molecule has 80 valence electrons. The summed E-state index contributed by atoms with van der Waals surface area (Å²) in [4.78, 5) is 0. The van der Waals surface area contributed by atoms with Gasteiger partial charge in [0.1, 0.15) is 0 Å². The lowest BCUT2D eigenvalue weighted by Gasteiger charge is -2.14. The summed E-state index contributed by atoms with van der Waals surface area (Å²) in [5.74, 6) is 0. The Morgan fingerprint density at radius 1 is 1.36 bits per heavy atom. The van der Waals surface area contributed by atoms with E-state index in [0.717, 1.165) is 19.5 Å². The van der Waals surface area contributed by atoms with Crippen molar-refractivity contribution in [3.63, 3.8) is 0 Å². The molecule has 0 bridgehead atoms. The molecule has 0 aromatic carbocycles. The molecule has 1 aromatic heterocycles. The van der Waals surface area contributed by atoms with Crippen molar-refractivity contribution in [1.82, 2.24) is 9.88 Å². The van der Waals surface area contributed by atoms with Crippen LogP contribution in [0.3, 0.4) is 0 Å². The van der Waals surface area contributed by atoms with Crippen LogP contribution in [0.4, 0.5) is 0 Å². The number of nitrogens with one attached hydrogen (secondary N) is 1. The number of hydrogen-bond acceptors (Lipinski definition) is 1. The Hall–Kier alpha value is -0.760. The zero-order chi connectivity index (χ0) is 10.4. The molecule has 1 rings (SSSR count). The van der Waals surface area contributed by atoms with Crippen molar-refractivity contribution in [2.75, 3.05) is 6.54 Å². The van der Waals surface area contributed by atoms with Crippen molar-refractivity contribution in [2.24, 2.45) is 0 Å². The zero-order valence-corrected chi connectivity index (χ0v) is 9.59. The van der Waals surface area contributed by atoms with E-state index in [1.165, 1.54) is 12.0 Å². The molecule has 0 radical (unpaired) electrons. The highest BCUT2D eigenvalue weighted by Gasteiger charge is 2.08. The lowest BCUT2D eigenvalue weighted by molar-refractivity contribution is 0.517. The summed E-state index contributed by atoms with van der Waals surface area (Å²) in [7, 11) is 0. The predicted molar refractivity (Wildman–Crippen MR) is 61.4 cm³/mol. The maximum atomic E-state index is 3.56. The average Bonchev–Trinajstić information content (AvgIpc) is 2.68. The lowest BCUT2D eigenvalue weighted by atomic mass is 10.1. The van der Waals surface area contributed by atoms with Crippen LogP contribution in [-0.4, -0.2) is 11.1 Å². The monoisotopic (exact) mass is 194 g/mol. The van der Waals surface area contributed by atoms with E-state index in [-0.39, 0.29) is 0 Å². The van der Waals surface area contributed by atoms with Crippen LogP contribution >= 0.6 is 0 Å². The van der Waals surface area contributed by atoms with E-state index in [2.05, 4.69) is 49.1 Å². The van der Waals surface area contributed by atoms with Gasteiger partial charge >= 0.3 is 0 Å². The summed E-state index contributed by atoms with van der Waals surface area (Å²) in [5, 5.41) is 3.56. The third-order valence-corrected chi connectivity index (χ3v) is 2.59. The smallest absolute Gasteiger partial charge is 0.0332 e. The van der Waals surface area contributed by atoms with E-state index in [1.807, 2.05) is 0 Å². The fourth-order valence-electron chi connectivity index (χ4n) is 1.68. The number of hydrogen-bond donors (Lipinski definition) is 1. The predicted octanol–water partition coefficient (Wildman–Crippen LogP) is 2.96. The van der Waals surface area contributed by atoms with E-state index in [1.54, 1.807) is 0 Å². The van der Waals surface area contributed by atoms with Gasteiger partial charge in [-0.2, -0.15) is 0 Å². The quantitative estimate of drug-likeness (QED) is 0.736. The van der Waals surface area contributed by atoms with Crippen LogP contribution < -0.4 is 5.32 Å². The van der Waals surface area contributed by atoms with Crippen LogP contribution in [0.25, 0.3) is 0 Å². The van der Waals surface area contributed by atoms with Gasteiger partial charge in [-0.3, -0.25) is 0 Å². The second-order valence-electron chi connectivity index (χ2n) is 3.69. The normalized spacial score (nSPS) is 13.1. The molecule has 0 spiro atoms. The number of rotatable bonds is 6. The van der Waals surface area contributed by atoms with Crippen molar-refractivity contribution >= 4 is 0 Å². The molecule has 1 unspecified atom stereocenters. The van der Waals surface area contributed by atoms with Crippen molar-refractivity contribution in [2.45, 2.75) is 46.2 Å². The van der Waals surface area contributed by atoms with Gasteiger partial charge in [0.25, 0.3) is 0 Å². The summed E-state index contributed by atoms with van der Waals surface area (Å²) >= 11 is 0. The first-order valence-electron chi connectivity index (χ1n) is 5.70. The molecular formula is C12H22N2. The van der Waals surface area contributed by atoms with Crippen molar-refractivity contribution in [1.29, 1.82) is 0 Å². The molecule has 0 saturated carbocycles. The van der Waals surface area contributed by atoms with Crippen LogP contribution in [0, 0.1) is 0 Å². The van der Waals surface area contributed by atoms with Gasteiger partial charge in [-0.25, -0.2) is 0 Å². The van der Waals surface area contributed by atoms with Crippen LogP contribution in [0.1, 0.15) is 45.2 Å². The molecule has 2 nitrogen and oxygen atoms in total. The molecule has 0 saturated heterocycles. The van der Waals surface area contributed by atoms with Crippen LogP contribution in [0.2, 0.25) is 0 Å². The molecule has 1 atom stereocenters. The maximum Gasteiger partial charge on any atom is 0.0332 e. The topological polar surface area (TPSA) is 17.0 Å². The maximum absolute atomic E-state index is 3.56. The minimum Gasteiger partial charge on any atom is -0.354 e. The van der Waals surface area contributed by atoms with E-state index >= 15 is 0 Å². The van der Waals surface area contributed by atoms with Crippen molar-refractivity contribution < 1.29 is 0 Å². The molecule has 0 aliphatic heterocycles. The van der Waals surface area contributed by atoms with Crippen LogP contribution in [-0.2, 0) is 6.54 Å². The molecule has 14 heavy (non-hydrogen) atoms. The highest BCUT2D eigenvalue weighted by atomic mass is 15.0. The van der Waals surface area contributed by atoms with Crippen LogP contribution in [0.15, 0.2) is 18.5 Å². The molecule has 0 aliphatic rings. The molecule has 0 amide bonds. The van der Waals surface area contributed by atoms with Gasteiger partial charge in [0.2, 0.25) is 0 Å². The largest absolute Gasteiger partial charge is 0.354 e. The van der Waals surface area contributed by atoms with Gasteiger partial charge in [0.15, 0.2) is 0 Å². The average molecular weight is 194 g/mol. The third-order valence-electron chi connectivity index (χ3n) is 2.59. The Kier molecular flexibility index (Phi) is 4.74. The SMILES string of the molecule is CCCNC(CC)c1ccn(CC)c1. The minimum absolute atomic E-state index is 0.530. The highest BCUT2D eigenvalue weighted by Crippen LogP contribution is 2.16. The molecule has 0 aliphatic carbocycles. The standard InChI is InChI=1S/C12H22N2/c1-4-8-13-12(5-2)11-7-9-14(6-3)10-11/h7,9-10,12-13H,4-6,8H2,1-3H3. The van der Waals surface area contributed by atoms with E-state index in [4.69, 9.17) is 0 Å². The van der Waals surface area contributed by atoms with Gasteiger partial charge in [-0.1, -0.05) is 13.8 Å². The second kappa shape index (κ2) is 5.86. The number of nitrogens with zero attached hydrogens (tertiary/aromatic N) is 1. The summed E-state index contributed by atoms with van der Waals surface area (Å²) in [6.45, 7) is 8.78. The fraction of sp³-hybridized carbons (Fsp3) is 0.667. The summed E-state index contributed by atoms with van der Waals surface area (Å²) in [5.41, 5.74) is 1.42. The molecule has 1 aromatic rings. The first-order valence-corrected chi connectivity index (χ1v) is 5.70. The highest BCUT2D eigenvalue weighted by molar-refractivity contribution is 5.15. The van der Waals surface area contributed by atoms with Gasteiger partial charge < -0.3 is 9.88 Å². The zero-order valence-electron chi connectivity index (χ0n) is 9.59. The van der Waals surface area contributed by atoms with Crippen molar-refractivity contribution in [3.8, 4) is 0 Å². The Bertz CT molecular complexity index is 253. The third kappa shape index (κ3) is 2.88. The number of aryl methyl sites for hydroxylation is 1. The van der Waals surface area contributed by atoms with Gasteiger partial charge in [0, 0.05) is 25.0 Å². The molecule has 1 heterocycles. The Morgan fingerprint density at radius 2 is 2.14 bits per heavy atom. The summed E-state index contributed by atoms with van der Waals surface area (Å²) < 4.78 is 2.23. The Labute approximate surface area is 87.3 Å². The fourth-order valence-corrected chi connectivity index (χ4v) is 1.68. The first kappa shape index (κ1) is 11.3. The van der Waals surface area contributed by atoms with E-state index < -0.39 is 0 Å². The van der Waals surface area contributed by atoms with E-state index in [9.17, 15) is 0 Å². The van der Waals surface area contributed by atoms with Gasteiger partial charge in [-0.05, 0) is 37.9 Å². The second-order valence-corrected chi connectivity index (χ2v) is 3.69. The van der Waals surface area contributed by atoms with E-state index in [0.29, 0.717) is 6.04 Å². The molecule has 1 N–H and O–H groups in total. The Balaban J connectivity index is 2.58.